The first-order chi connectivity index (χ1) is 11.1. The molecule has 0 amide bonds. The summed E-state index contributed by atoms with van der Waals surface area (Å²) in [5.41, 5.74) is 0.501. The number of nitrogens with zero attached hydrogens (tertiary/aromatic N) is 2. The Balaban J connectivity index is 2.02. The number of phenolic OH excluding ortho intramolecular Hbond substituents is 1. The Kier molecular flexibility index (Phi) is 3.68. The predicted octanol–water partition coefficient (Wildman–Crippen LogP) is 3.65. The molecule has 0 unspecified atom stereocenters. The number of aromatic hydroxyl groups is 1. The van der Waals surface area contributed by atoms with E-state index in [1.54, 1.807) is 12.1 Å². The number of hydrogen-bond acceptors (Lipinski definition) is 6. The van der Waals surface area contributed by atoms with Gasteiger partial charge in [-0.25, -0.2) is 4.98 Å². The normalized spacial score (nSPS) is 10.5. The van der Waals surface area contributed by atoms with Crippen LogP contribution in [0, 0.1) is 10.1 Å². The van der Waals surface area contributed by atoms with Crippen molar-refractivity contribution in [3.05, 3.63) is 58.6 Å². The molecular formula is C16H12N2O5. The summed E-state index contributed by atoms with van der Waals surface area (Å²) in [6, 6.07) is 12.1. The molecule has 0 saturated heterocycles. The van der Waals surface area contributed by atoms with Crippen LogP contribution in [0.2, 0.25) is 0 Å². The van der Waals surface area contributed by atoms with E-state index in [1.807, 2.05) is 0 Å². The van der Waals surface area contributed by atoms with Gasteiger partial charge in [0.15, 0.2) is 0 Å². The molecule has 0 atom stereocenters. The van der Waals surface area contributed by atoms with Crippen molar-refractivity contribution >= 4 is 16.6 Å². The minimum absolute atomic E-state index is 0.0144. The van der Waals surface area contributed by atoms with E-state index < -0.39 is 4.92 Å². The molecule has 7 nitrogen and oxygen atoms in total. The molecule has 0 spiro atoms. The molecule has 0 aliphatic carbocycles. The van der Waals surface area contributed by atoms with E-state index >= 15 is 0 Å². The smallest absolute Gasteiger partial charge is 0.269 e. The molecular weight excluding hydrogens is 300 g/mol. The first-order valence-corrected chi connectivity index (χ1v) is 6.67. The van der Waals surface area contributed by atoms with Gasteiger partial charge in [-0.15, -0.1) is 0 Å². The van der Waals surface area contributed by atoms with E-state index in [9.17, 15) is 15.2 Å². The predicted molar refractivity (Wildman–Crippen MR) is 83.1 cm³/mol. The van der Waals surface area contributed by atoms with Crippen molar-refractivity contribution in [2.75, 3.05) is 7.11 Å². The maximum atomic E-state index is 10.7. The van der Waals surface area contributed by atoms with Crippen LogP contribution in [0.5, 0.6) is 23.1 Å². The van der Waals surface area contributed by atoms with Crippen LogP contribution in [-0.2, 0) is 0 Å². The van der Waals surface area contributed by atoms with Crippen LogP contribution >= 0.6 is 0 Å². The highest BCUT2D eigenvalue weighted by Gasteiger charge is 2.11. The van der Waals surface area contributed by atoms with Crippen LogP contribution in [0.4, 0.5) is 5.69 Å². The fourth-order valence-corrected chi connectivity index (χ4v) is 2.11. The van der Waals surface area contributed by atoms with Crippen LogP contribution in [0.1, 0.15) is 0 Å². The summed E-state index contributed by atoms with van der Waals surface area (Å²) in [7, 11) is 1.48. The van der Waals surface area contributed by atoms with Crippen LogP contribution < -0.4 is 9.47 Å². The molecule has 0 radical (unpaired) electrons. The molecule has 23 heavy (non-hydrogen) atoms. The summed E-state index contributed by atoms with van der Waals surface area (Å²) in [5.74, 6) is 1.33. The van der Waals surface area contributed by atoms with E-state index in [4.69, 9.17) is 9.47 Å². The number of pyridine rings is 1. The molecule has 0 aliphatic heterocycles. The number of hydrogen-bond donors (Lipinski definition) is 1. The summed E-state index contributed by atoms with van der Waals surface area (Å²) in [6.07, 6.45) is 0. The van der Waals surface area contributed by atoms with E-state index in [1.165, 1.54) is 43.5 Å². The second-order valence-electron chi connectivity index (χ2n) is 4.72. The van der Waals surface area contributed by atoms with Crippen molar-refractivity contribution in [3.63, 3.8) is 0 Å². The number of nitro benzene ring substituents is 1. The van der Waals surface area contributed by atoms with Crippen molar-refractivity contribution in [1.82, 2.24) is 4.98 Å². The number of ether oxygens (including phenoxy) is 2. The molecule has 116 valence electrons. The maximum Gasteiger partial charge on any atom is 0.269 e. The van der Waals surface area contributed by atoms with Gasteiger partial charge in [0.25, 0.3) is 5.69 Å². The minimum Gasteiger partial charge on any atom is -0.508 e. The molecule has 0 saturated carbocycles. The molecule has 7 heteroatoms. The summed E-state index contributed by atoms with van der Waals surface area (Å²) in [5, 5.41) is 20.9. The highest BCUT2D eigenvalue weighted by molar-refractivity contribution is 5.87. The molecule has 0 bridgehead atoms. The largest absolute Gasteiger partial charge is 0.508 e. The number of methoxy groups -OCH3 is 1. The van der Waals surface area contributed by atoms with Gasteiger partial charge in [0.1, 0.15) is 17.2 Å². The Hall–Kier alpha value is -3.35. The molecule has 1 N–H and O–H groups in total. The average molecular weight is 312 g/mol. The maximum absolute atomic E-state index is 10.7. The summed E-state index contributed by atoms with van der Waals surface area (Å²) >= 11 is 0. The fraction of sp³-hybridized carbons (Fsp3) is 0.0625. The van der Waals surface area contributed by atoms with Gasteiger partial charge < -0.3 is 14.6 Å². The highest BCUT2D eigenvalue weighted by atomic mass is 16.6. The van der Waals surface area contributed by atoms with Gasteiger partial charge in [0.05, 0.1) is 17.5 Å². The summed E-state index contributed by atoms with van der Waals surface area (Å²) in [6.45, 7) is 0. The standard InChI is InChI=1S/C16H12N2O5/c1-22-16-9-15(13-7-4-11(19)8-14(13)17-16)23-12-5-2-10(3-6-12)18(20)21/h2-9,19H,1H3. The highest BCUT2D eigenvalue weighted by Crippen LogP contribution is 2.34. The van der Waals surface area contributed by atoms with E-state index in [0.717, 1.165) is 0 Å². The van der Waals surface area contributed by atoms with Gasteiger partial charge in [-0.3, -0.25) is 10.1 Å². The van der Waals surface area contributed by atoms with Crippen molar-refractivity contribution in [3.8, 4) is 23.1 Å². The SMILES string of the molecule is COc1cc(Oc2ccc([N+](=O)[O-])cc2)c2ccc(O)cc2n1. The number of phenols is 1. The van der Waals surface area contributed by atoms with E-state index in [-0.39, 0.29) is 11.4 Å². The second kappa shape index (κ2) is 5.80. The number of fused-ring (bicyclic) bond motifs is 1. The number of benzene rings is 2. The number of nitro groups is 1. The van der Waals surface area contributed by atoms with Gasteiger partial charge in [-0.05, 0) is 24.3 Å². The van der Waals surface area contributed by atoms with Gasteiger partial charge in [-0.1, -0.05) is 0 Å². The third-order valence-corrected chi connectivity index (χ3v) is 3.22. The van der Waals surface area contributed by atoms with Gasteiger partial charge in [0, 0.05) is 29.7 Å². The lowest BCUT2D eigenvalue weighted by Crippen LogP contribution is -1.93. The zero-order chi connectivity index (χ0) is 16.4. The lowest BCUT2D eigenvalue weighted by Gasteiger charge is -2.10. The Labute approximate surface area is 130 Å². The molecule has 2 aromatic carbocycles. The second-order valence-corrected chi connectivity index (χ2v) is 4.72. The lowest BCUT2D eigenvalue weighted by molar-refractivity contribution is -0.384. The lowest BCUT2D eigenvalue weighted by atomic mass is 10.2. The quantitative estimate of drug-likeness (QED) is 0.583. The Morgan fingerprint density at radius 1 is 1.13 bits per heavy atom. The fourth-order valence-electron chi connectivity index (χ4n) is 2.11. The Morgan fingerprint density at radius 3 is 2.52 bits per heavy atom. The number of non-ortho nitro benzene ring substituents is 1. The molecule has 0 aliphatic rings. The zero-order valence-corrected chi connectivity index (χ0v) is 12.1. The van der Waals surface area contributed by atoms with Crippen LogP contribution in [-0.4, -0.2) is 22.1 Å². The Bertz CT molecular complexity index is 878. The molecule has 3 rings (SSSR count). The summed E-state index contributed by atoms with van der Waals surface area (Å²) < 4.78 is 10.9. The topological polar surface area (TPSA) is 94.7 Å². The number of rotatable bonds is 4. The first-order valence-electron chi connectivity index (χ1n) is 6.67. The summed E-state index contributed by atoms with van der Waals surface area (Å²) in [4.78, 5) is 14.4. The van der Waals surface area contributed by atoms with Crippen molar-refractivity contribution in [2.24, 2.45) is 0 Å². The minimum atomic E-state index is -0.475. The van der Waals surface area contributed by atoms with E-state index in [0.29, 0.717) is 28.3 Å². The Morgan fingerprint density at radius 2 is 1.87 bits per heavy atom. The monoisotopic (exact) mass is 312 g/mol. The molecule has 1 aromatic heterocycles. The average Bonchev–Trinajstić information content (AvgIpc) is 2.54. The van der Waals surface area contributed by atoms with Crippen LogP contribution in [0.3, 0.4) is 0 Å². The van der Waals surface area contributed by atoms with E-state index in [2.05, 4.69) is 4.98 Å². The van der Waals surface area contributed by atoms with Gasteiger partial charge in [0.2, 0.25) is 5.88 Å². The van der Waals surface area contributed by atoms with Gasteiger partial charge in [-0.2, -0.15) is 0 Å². The molecule has 3 aromatic rings. The van der Waals surface area contributed by atoms with Crippen molar-refractivity contribution in [2.45, 2.75) is 0 Å². The third-order valence-electron chi connectivity index (χ3n) is 3.22. The first kappa shape index (κ1) is 14.6. The molecule has 0 fully saturated rings. The van der Waals surface area contributed by atoms with Crippen LogP contribution in [0.25, 0.3) is 10.9 Å². The van der Waals surface area contributed by atoms with Crippen LogP contribution in [0.15, 0.2) is 48.5 Å². The number of aromatic nitrogens is 1. The zero-order valence-electron chi connectivity index (χ0n) is 12.1. The molecule has 1 heterocycles. The van der Waals surface area contributed by atoms with Gasteiger partial charge >= 0.3 is 0 Å². The van der Waals surface area contributed by atoms with Crippen molar-refractivity contribution in [1.29, 1.82) is 0 Å². The van der Waals surface area contributed by atoms with Crippen molar-refractivity contribution < 1.29 is 19.5 Å². The third kappa shape index (κ3) is 2.98.